The Kier molecular flexibility index (Phi) is 4.65. The van der Waals surface area contributed by atoms with Crippen molar-refractivity contribution >= 4 is 15.9 Å². The minimum Gasteiger partial charge on any atom is -0.271 e. The molecular formula is C14H11BrF4N2. The SMILES string of the molecule is NNC(c1cccc(F)c1)c1cc(C(F)(F)F)ccc1Br. The quantitative estimate of drug-likeness (QED) is 0.488. The molecule has 2 nitrogen and oxygen atoms in total. The Morgan fingerprint density at radius 2 is 1.81 bits per heavy atom. The van der Waals surface area contributed by atoms with Crippen LogP contribution in [0.2, 0.25) is 0 Å². The first-order valence-corrected chi connectivity index (χ1v) is 6.70. The zero-order valence-corrected chi connectivity index (χ0v) is 12.2. The highest BCUT2D eigenvalue weighted by Gasteiger charge is 2.31. The second-order valence-electron chi connectivity index (χ2n) is 4.39. The first-order chi connectivity index (χ1) is 9.82. The minimum absolute atomic E-state index is 0.276. The third-order valence-electron chi connectivity index (χ3n) is 2.98. The molecule has 0 saturated carbocycles. The number of nitrogens with one attached hydrogen (secondary N) is 1. The average molecular weight is 363 g/mol. The maximum Gasteiger partial charge on any atom is 0.416 e. The third-order valence-corrected chi connectivity index (χ3v) is 3.71. The van der Waals surface area contributed by atoms with Crippen molar-refractivity contribution in [3.05, 3.63) is 69.4 Å². The van der Waals surface area contributed by atoms with Crippen molar-refractivity contribution in [3.63, 3.8) is 0 Å². The molecule has 0 saturated heterocycles. The molecule has 0 radical (unpaired) electrons. The largest absolute Gasteiger partial charge is 0.416 e. The van der Waals surface area contributed by atoms with Gasteiger partial charge in [-0.25, -0.2) is 9.82 Å². The van der Waals surface area contributed by atoms with Crippen LogP contribution in [0.4, 0.5) is 17.6 Å². The summed E-state index contributed by atoms with van der Waals surface area (Å²) in [5.74, 6) is 4.95. The molecule has 7 heteroatoms. The second kappa shape index (κ2) is 6.13. The Bertz CT molecular complexity index is 643. The maximum atomic E-state index is 13.3. The van der Waals surface area contributed by atoms with Crippen LogP contribution in [0.5, 0.6) is 0 Å². The number of hydrogen-bond donors (Lipinski definition) is 2. The number of hydrazine groups is 1. The van der Waals surface area contributed by atoms with Gasteiger partial charge in [-0.2, -0.15) is 13.2 Å². The van der Waals surface area contributed by atoms with Crippen LogP contribution in [0.25, 0.3) is 0 Å². The zero-order chi connectivity index (χ0) is 15.6. The number of halogens is 5. The number of alkyl halides is 3. The summed E-state index contributed by atoms with van der Waals surface area (Å²) in [6, 6.07) is 8.00. The van der Waals surface area contributed by atoms with E-state index in [-0.39, 0.29) is 5.56 Å². The topological polar surface area (TPSA) is 38.0 Å². The van der Waals surface area contributed by atoms with Crippen LogP contribution in [-0.4, -0.2) is 0 Å². The average Bonchev–Trinajstić information content (AvgIpc) is 2.40. The highest BCUT2D eigenvalue weighted by molar-refractivity contribution is 9.10. The molecule has 2 rings (SSSR count). The lowest BCUT2D eigenvalue weighted by molar-refractivity contribution is -0.137. The molecule has 2 aromatic rings. The van der Waals surface area contributed by atoms with Gasteiger partial charge in [0.25, 0.3) is 0 Å². The van der Waals surface area contributed by atoms with E-state index in [9.17, 15) is 17.6 Å². The molecule has 1 unspecified atom stereocenters. The molecule has 112 valence electrons. The summed E-state index contributed by atoms with van der Waals surface area (Å²) in [7, 11) is 0. The molecule has 0 aliphatic rings. The van der Waals surface area contributed by atoms with Crippen molar-refractivity contribution in [2.75, 3.05) is 0 Å². The van der Waals surface area contributed by atoms with Crippen molar-refractivity contribution in [2.24, 2.45) is 5.84 Å². The lowest BCUT2D eigenvalue weighted by Gasteiger charge is -2.20. The Morgan fingerprint density at radius 1 is 1.10 bits per heavy atom. The van der Waals surface area contributed by atoms with Gasteiger partial charge >= 0.3 is 6.18 Å². The van der Waals surface area contributed by atoms with Crippen molar-refractivity contribution in [1.29, 1.82) is 0 Å². The molecule has 3 N–H and O–H groups in total. The van der Waals surface area contributed by atoms with Gasteiger partial charge in [0.05, 0.1) is 11.6 Å². The summed E-state index contributed by atoms with van der Waals surface area (Å²) in [6.45, 7) is 0. The van der Waals surface area contributed by atoms with Gasteiger partial charge in [-0.15, -0.1) is 0 Å². The van der Waals surface area contributed by atoms with E-state index in [4.69, 9.17) is 5.84 Å². The summed E-state index contributed by atoms with van der Waals surface area (Å²) >= 11 is 3.20. The molecular weight excluding hydrogens is 352 g/mol. The van der Waals surface area contributed by atoms with Gasteiger partial charge in [-0.1, -0.05) is 28.1 Å². The highest BCUT2D eigenvalue weighted by atomic mass is 79.9. The van der Waals surface area contributed by atoms with Gasteiger partial charge in [0.15, 0.2) is 0 Å². The van der Waals surface area contributed by atoms with Crippen LogP contribution in [0.3, 0.4) is 0 Å². The molecule has 0 amide bonds. The van der Waals surface area contributed by atoms with Crippen molar-refractivity contribution < 1.29 is 17.6 Å². The van der Waals surface area contributed by atoms with E-state index in [1.165, 1.54) is 24.3 Å². The van der Waals surface area contributed by atoms with E-state index in [1.54, 1.807) is 6.07 Å². The predicted molar refractivity (Wildman–Crippen MR) is 74.7 cm³/mol. The van der Waals surface area contributed by atoms with E-state index < -0.39 is 23.6 Å². The lowest BCUT2D eigenvalue weighted by atomic mass is 9.97. The second-order valence-corrected chi connectivity index (χ2v) is 5.24. The summed E-state index contributed by atoms with van der Waals surface area (Å²) < 4.78 is 52.2. The fraction of sp³-hybridized carbons (Fsp3) is 0.143. The standard InChI is InChI=1S/C14H11BrF4N2/c15-12-5-4-9(14(17,18)19)7-11(12)13(21-20)8-2-1-3-10(16)6-8/h1-7,13,21H,20H2. The molecule has 2 aromatic carbocycles. The van der Waals surface area contributed by atoms with Gasteiger partial charge in [0, 0.05) is 4.47 Å². The van der Waals surface area contributed by atoms with Gasteiger partial charge in [0.1, 0.15) is 5.82 Å². The summed E-state index contributed by atoms with van der Waals surface area (Å²) in [4.78, 5) is 0. The van der Waals surface area contributed by atoms with Crippen LogP contribution in [-0.2, 0) is 6.18 Å². The number of hydrogen-bond acceptors (Lipinski definition) is 2. The van der Waals surface area contributed by atoms with Crippen LogP contribution in [0.15, 0.2) is 46.9 Å². The van der Waals surface area contributed by atoms with E-state index in [2.05, 4.69) is 21.4 Å². The van der Waals surface area contributed by atoms with Gasteiger partial charge in [-0.3, -0.25) is 5.84 Å². The van der Waals surface area contributed by atoms with E-state index in [1.807, 2.05) is 0 Å². The fourth-order valence-corrected chi connectivity index (χ4v) is 2.47. The Balaban J connectivity index is 2.52. The molecule has 0 heterocycles. The van der Waals surface area contributed by atoms with Crippen molar-refractivity contribution in [3.8, 4) is 0 Å². The summed E-state index contributed by atoms with van der Waals surface area (Å²) in [6.07, 6.45) is -4.46. The molecule has 0 bridgehead atoms. The number of nitrogens with two attached hydrogens (primary N) is 1. The van der Waals surface area contributed by atoms with Crippen LogP contribution in [0, 0.1) is 5.82 Å². The predicted octanol–water partition coefficient (Wildman–Crippen LogP) is 4.16. The van der Waals surface area contributed by atoms with E-state index in [0.717, 1.165) is 12.1 Å². The lowest BCUT2D eigenvalue weighted by Crippen LogP contribution is -2.29. The Morgan fingerprint density at radius 3 is 2.38 bits per heavy atom. The highest BCUT2D eigenvalue weighted by Crippen LogP contribution is 2.35. The first kappa shape index (κ1) is 15.9. The number of benzene rings is 2. The molecule has 1 atom stereocenters. The Hall–Kier alpha value is -1.44. The fourth-order valence-electron chi connectivity index (χ4n) is 1.99. The van der Waals surface area contributed by atoms with Crippen molar-refractivity contribution in [2.45, 2.75) is 12.2 Å². The smallest absolute Gasteiger partial charge is 0.271 e. The van der Waals surface area contributed by atoms with E-state index in [0.29, 0.717) is 10.0 Å². The van der Waals surface area contributed by atoms with Gasteiger partial charge in [-0.05, 0) is 41.5 Å². The molecule has 0 aliphatic carbocycles. The Labute approximate surface area is 127 Å². The molecule has 0 spiro atoms. The minimum atomic E-state index is -4.46. The summed E-state index contributed by atoms with van der Waals surface area (Å²) in [5, 5.41) is 0. The first-order valence-electron chi connectivity index (χ1n) is 5.91. The molecule has 0 aromatic heterocycles. The van der Waals surface area contributed by atoms with Gasteiger partial charge in [0.2, 0.25) is 0 Å². The van der Waals surface area contributed by atoms with Crippen LogP contribution < -0.4 is 11.3 Å². The van der Waals surface area contributed by atoms with Crippen LogP contribution in [0.1, 0.15) is 22.7 Å². The third kappa shape index (κ3) is 3.61. The normalized spacial score (nSPS) is 13.2. The van der Waals surface area contributed by atoms with Crippen molar-refractivity contribution in [1.82, 2.24) is 5.43 Å². The molecule has 21 heavy (non-hydrogen) atoms. The maximum absolute atomic E-state index is 13.3. The van der Waals surface area contributed by atoms with E-state index >= 15 is 0 Å². The number of rotatable bonds is 3. The van der Waals surface area contributed by atoms with Gasteiger partial charge < -0.3 is 0 Å². The monoisotopic (exact) mass is 362 g/mol. The summed E-state index contributed by atoms with van der Waals surface area (Å²) in [5.41, 5.74) is 2.33. The van der Waals surface area contributed by atoms with Crippen LogP contribution >= 0.6 is 15.9 Å². The zero-order valence-electron chi connectivity index (χ0n) is 10.6. The molecule has 0 fully saturated rings. The molecule has 0 aliphatic heterocycles.